The Morgan fingerprint density at radius 2 is 1.85 bits per heavy atom. The van der Waals surface area contributed by atoms with Crippen LogP contribution >= 0.6 is 0 Å². The van der Waals surface area contributed by atoms with Crippen LogP contribution in [0.2, 0.25) is 0 Å². The second-order valence-corrected chi connectivity index (χ2v) is 5.84. The van der Waals surface area contributed by atoms with Crippen molar-refractivity contribution in [1.29, 1.82) is 0 Å². The highest BCUT2D eigenvalue weighted by molar-refractivity contribution is 6.02. The molecule has 1 amide bonds. The molecule has 8 heteroatoms. The molecule has 0 saturated carbocycles. The second kappa shape index (κ2) is 8.11. The van der Waals surface area contributed by atoms with E-state index in [9.17, 15) is 22.4 Å². The van der Waals surface area contributed by atoms with Crippen molar-refractivity contribution in [1.82, 2.24) is 0 Å². The number of hydrogen-bond donors (Lipinski definition) is 1. The molecule has 2 aromatic carbocycles. The molecule has 0 bridgehead atoms. The SMILES string of the molecule is COc1ccc(/C=C/C(=O)Nc2ccc(N(C)C)cc2C(F)(F)F)cc1F. The van der Waals surface area contributed by atoms with Crippen LogP contribution in [0.4, 0.5) is 28.9 Å². The highest BCUT2D eigenvalue weighted by atomic mass is 19.4. The normalized spacial score (nSPS) is 11.5. The maximum Gasteiger partial charge on any atom is 0.418 e. The number of amides is 1. The van der Waals surface area contributed by atoms with Gasteiger partial charge in [-0.2, -0.15) is 13.2 Å². The van der Waals surface area contributed by atoms with Crippen LogP contribution in [-0.2, 0) is 11.0 Å². The minimum absolute atomic E-state index is 0.0485. The third kappa shape index (κ3) is 5.22. The van der Waals surface area contributed by atoms with Crippen molar-refractivity contribution in [2.45, 2.75) is 6.18 Å². The predicted molar refractivity (Wildman–Crippen MR) is 96.4 cm³/mol. The fourth-order valence-electron chi connectivity index (χ4n) is 2.29. The van der Waals surface area contributed by atoms with Crippen LogP contribution in [0, 0.1) is 5.82 Å². The molecule has 0 aliphatic carbocycles. The first kappa shape index (κ1) is 20.3. The number of benzene rings is 2. The van der Waals surface area contributed by atoms with Gasteiger partial charge in [0.05, 0.1) is 18.4 Å². The van der Waals surface area contributed by atoms with Gasteiger partial charge in [-0.3, -0.25) is 4.79 Å². The van der Waals surface area contributed by atoms with Crippen LogP contribution in [0.25, 0.3) is 6.08 Å². The maximum absolute atomic E-state index is 13.6. The quantitative estimate of drug-likeness (QED) is 0.608. The van der Waals surface area contributed by atoms with E-state index in [0.29, 0.717) is 11.3 Å². The lowest BCUT2D eigenvalue weighted by atomic mass is 10.1. The molecule has 0 aliphatic rings. The zero-order valence-corrected chi connectivity index (χ0v) is 14.9. The van der Waals surface area contributed by atoms with Crippen molar-refractivity contribution in [3.8, 4) is 5.75 Å². The number of anilines is 2. The third-order valence-corrected chi connectivity index (χ3v) is 3.69. The summed E-state index contributed by atoms with van der Waals surface area (Å²) >= 11 is 0. The number of nitrogens with zero attached hydrogens (tertiary/aromatic N) is 1. The number of halogens is 4. The highest BCUT2D eigenvalue weighted by Gasteiger charge is 2.34. The van der Waals surface area contributed by atoms with Gasteiger partial charge in [0.15, 0.2) is 11.6 Å². The monoisotopic (exact) mass is 382 g/mol. The van der Waals surface area contributed by atoms with Crippen molar-refractivity contribution < 1.29 is 27.1 Å². The first-order valence-electron chi connectivity index (χ1n) is 7.83. The van der Waals surface area contributed by atoms with Crippen LogP contribution in [-0.4, -0.2) is 27.1 Å². The van der Waals surface area contributed by atoms with E-state index in [0.717, 1.165) is 18.2 Å². The van der Waals surface area contributed by atoms with Crippen LogP contribution in [0.15, 0.2) is 42.5 Å². The van der Waals surface area contributed by atoms with E-state index >= 15 is 0 Å². The van der Waals surface area contributed by atoms with Gasteiger partial charge >= 0.3 is 6.18 Å². The summed E-state index contributed by atoms with van der Waals surface area (Å²) in [5.74, 6) is -1.33. The van der Waals surface area contributed by atoms with Crippen LogP contribution < -0.4 is 15.0 Å². The van der Waals surface area contributed by atoms with Gasteiger partial charge in [-0.05, 0) is 42.0 Å². The fourth-order valence-corrected chi connectivity index (χ4v) is 2.29. The number of carbonyl (C=O) groups excluding carboxylic acids is 1. The Kier molecular flexibility index (Phi) is 6.09. The molecule has 27 heavy (non-hydrogen) atoms. The maximum atomic E-state index is 13.6. The largest absolute Gasteiger partial charge is 0.494 e. The number of nitrogens with one attached hydrogen (secondary N) is 1. The summed E-state index contributed by atoms with van der Waals surface area (Å²) in [4.78, 5) is 13.5. The molecular weight excluding hydrogens is 364 g/mol. The van der Waals surface area contributed by atoms with Crippen molar-refractivity contribution in [3.05, 3.63) is 59.4 Å². The predicted octanol–water partition coefficient (Wildman–Crippen LogP) is 4.57. The summed E-state index contributed by atoms with van der Waals surface area (Å²) in [6.07, 6.45) is -2.31. The van der Waals surface area contributed by atoms with Gasteiger partial charge in [0.1, 0.15) is 0 Å². The molecule has 1 N–H and O–H groups in total. The number of ether oxygens (including phenoxy) is 1. The molecule has 0 unspecified atom stereocenters. The van der Waals surface area contributed by atoms with Gasteiger partial charge in [0.2, 0.25) is 5.91 Å². The first-order valence-corrected chi connectivity index (χ1v) is 7.83. The molecule has 0 spiro atoms. The van der Waals surface area contributed by atoms with Crippen LogP contribution in [0.3, 0.4) is 0 Å². The molecule has 0 heterocycles. The molecule has 2 aromatic rings. The van der Waals surface area contributed by atoms with Gasteiger partial charge in [0.25, 0.3) is 0 Å². The molecular formula is C19H18F4N2O2. The van der Waals surface area contributed by atoms with E-state index in [1.807, 2.05) is 0 Å². The Balaban J connectivity index is 2.21. The number of hydrogen-bond acceptors (Lipinski definition) is 3. The zero-order chi connectivity index (χ0) is 20.2. The Bertz CT molecular complexity index is 861. The van der Waals surface area contributed by atoms with Crippen molar-refractivity contribution >= 4 is 23.4 Å². The summed E-state index contributed by atoms with van der Waals surface area (Å²) in [5.41, 5.74) is -0.596. The van der Waals surface area contributed by atoms with E-state index in [-0.39, 0.29) is 11.4 Å². The van der Waals surface area contributed by atoms with Crippen LogP contribution in [0.5, 0.6) is 5.75 Å². The fraction of sp³-hybridized carbons (Fsp3) is 0.211. The number of alkyl halides is 3. The summed E-state index contributed by atoms with van der Waals surface area (Å²) in [5, 5.41) is 2.21. The first-order chi connectivity index (χ1) is 12.6. The Morgan fingerprint density at radius 1 is 1.15 bits per heavy atom. The molecule has 0 saturated heterocycles. The third-order valence-electron chi connectivity index (χ3n) is 3.69. The van der Waals surface area contributed by atoms with Gasteiger partial charge < -0.3 is 15.0 Å². The molecule has 0 radical (unpaired) electrons. The molecule has 0 atom stereocenters. The average Bonchev–Trinajstić information content (AvgIpc) is 2.59. The van der Waals surface area contributed by atoms with E-state index in [1.165, 1.54) is 42.4 Å². The van der Waals surface area contributed by atoms with E-state index < -0.39 is 23.5 Å². The summed E-state index contributed by atoms with van der Waals surface area (Å²) < 4.78 is 58.2. The molecule has 2 rings (SSSR count). The zero-order valence-electron chi connectivity index (χ0n) is 14.9. The lowest BCUT2D eigenvalue weighted by molar-refractivity contribution is -0.136. The number of rotatable bonds is 5. The molecule has 0 aromatic heterocycles. The number of methoxy groups -OCH3 is 1. The van der Waals surface area contributed by atoms with Gasteiger partial charge in [-0.25, -0.2) is 4.39 Å². The minimum atomic E-state index is -4.63. The number of carbonyl (C=O) groups is 1. The molecule has 144 valence electrons. The van der Waals surface area contributed by atoms with Crippen molar-refractivity contribution in [2.75, 3.05) is 31.4 Å². The standard InChI is InChI=1S/C19H18F4N2O2/c1-25(2)13-6-7-16(14(11-13)19(21,22)23)24-18(26)9-5-12-4-8-17(27-3)15(20)10-12/h4-11H,1-3H3,(H,24,26)/b9-5+. The summed E-state index contributed by atoms with van der Waals surface area (Å²) in [7, 11) is 4.55. The summed E-state index contributed by atoms with van der Waals surface area (Å²) in [6.45, 7) is 0. The Morgan fingerprint density at radius 3 is 2.41 bits per heavy atom. The lowest BCUT2D eigenvalue weighted by Crippen LogP contribution is -2.16. The second-order valence-electron chi connectivity index (χ2n) is 5.84. The van der Waals surface area contributed by atoms with Gasteiger partial charge in [0, 0.05) is 25.9 Å². The van der Waals surface area contributed by atoms with E-state index in [1.54, 1.807) is 14.1 Å². The molecule has 0 fully saturated rings. The van der Waals surface area contributed by atoms with Gasteiger partial charge in [-0.15, -0.1) is 0 Å². The lowest BCUT2D eigenvalue weighted by Gasteiger charge is -2.18. The smallest absolute Gasteiger partial charge is 0.418 e. The van der Waals surface area contributed by atoms with Crippen LogP contribution in [0.1, 0.15) is 11.1 Å². The van der Waals surface area contributed by atoms with E-state index in [2.05, 4.69) is 5.32 Å². The van der Waals surface area contributed by atoms with Crippen molar-refractivity contribution in [2.24, 2.45) is 0 Å². The van der Waals surface area contributed by atoms with Gasteiger partial charge in [-0.1, -0.05) is 6.07 Å². The van der Waals surface area contributed by atoms with Crippen molar-refractivity contribution in [3.63, 3.8) is 0 Å². The minimum Gasteiger partial charge on any atom is -0.494 e. The van der Waals surface area contributed by atoms with E-state index in [4.69, 9.17) is 4.74 Å². The topological polar surface area (TPSA) is 41.6 Å². The molecule has 0 aliphatic heterocycles. The molecule has 4 nitrogen and oxygen atoms in total. The Hall–Kier alpha value is -3.03. The summed E-state index contributed by atoms with van der Waals surface area (Å²) in [6, 6.07) is 7.66. The highest BCUT2D eigenvalue weighted by Crippen LogP contribution is 2.37. The Labute approximate surface area is 154 Å². The average molecular weight is 382 g/mol.